The minimum Gasteiger partial charge on any atom is -0.493 e. The second-order valence-corrected chi connectivity index (χ2v) is 5.74. The molecule has 0 amide bonds. The number of guanidine groups is 1. The van der Waals surface area contributed by atoms with E-state index in [0.29, 0.717) is 23.8 Å². The Morgan fingerprint density at radius 3 is 2.12 bits per heavy atom. The Bertz CT molecular complexity index is 707. The van der Waals surface area contributed by atoms with Crippen molar-refractivity contribution in [1.29, 1.82) is 0 Å². The van der Waals surface area contributed by atoms with Crippen LogP contribution in [0.25, 0.3) is 0 Å². The molecule has 0 aliphatic carbocycles. The van der Waals surface area contributed by atoms with Gasteiger partial charge in [-0.05, 0) is 30.2 Å². The average molecular weight is 357 g/mol. The molecule has 6 heteroatoms. The summed E-state index contributed by atoms with van der Waals surface area (Å²) >= 11 is 0. The van der Waals surface area contributed by atoms with Crippen LogP contribution in [0.4, 0.5) is 0 Å². The third kappa shape index (κ3) is 4.81. The molecule has 2 rings (SSSR count). The highest BCUT2D eigenvalue weighted by molar-refractivity contribution is 5.80. The number of nitrogens with zero attached hydrogens (tertiary/aromatic N) is 1. The van der Waals surface area contributed by atoms with Gasteiger partial charge in [0.15, 0.2) is 17.5 Å². The number of benzene rings is 2. The maximum absolute atomic E-state index is 5.40. The first-order chi connectivity index (χ1) is 12.6. The number of hydrogen-bond acceptors (Lipinski definition) is 4. The van der Waals surface area contributed by atoms with Crippen LogP contribution in [-0.2, 0) is 6.54 Å². The predicted octanol–water partition coefficient (Wildman–Crippen LogP) is 3.14. The van der Waals surface area contributed by atoms with Crippen molar-refractivity contribution in [2.45, 2.75) is 19.5 Å². The fourth-order valence-electron chi connectivity index (χ4n) is 2.65. The van der Waals surface area contributed by atoms with Crippen LogP contribution in [0.2, 0.25) is 0 Å². The molecule has 0 spiro atoms. The van der Waals surface area contributed by atoms with Crippen molar-refractivity contribution in [3.05, 3.63) is 53.6 Å². The summed E-state index contributed by atoms with van der Waals surface area (Å²) in [7, 11) is 6.56. The second kappa shape index (κ2) is 9.56. The van der Waals surface area contributed by atoms with Gasteiger partial charge in [-0.1, -0.05) is 30.3 Å². The molecular weight excluding hydrogens is 330 g/mol. The molecule has 6 nitrogen and oxygen atoms in total. The Morgan fingerprint density at radius 2 is 1.62 bits per heavy atom. The maximum atomic E-state index is 5.40. The van der Waals surface area contributed by atoms with Gasteiger partial charge in [0.05, 0.1) is 27.4 Å². The normalized spacial score (nSPS) is 12.3. The fraction of sp³-hybridized carbons (Fsp3) is 0.350. The fourth-order valence-corrected chi connectivity index (χ4v) is 2.65. The summed E-state index contributed by atoms with van der Waals surface area (Å²) < 4.78 is 16.1. The van der Waals surface area contributed by atoms with E-state index in [-0.39, 0.29) is 6.04 Å². The van der Waals surface area contributed by atoms with E-state index in [1.165, 1.54) is 5.56 Å². The zero-order valence-electron chi connectivity index (χ0n) is 16.0. The van der Waals surface area contributed by atoms with E-state index < -0.39 is 0 Å². The number of ether oxygens (including phenoxy) is 3. The van der Waals surface area contributed by atoms with Crippen molar-refractivity contribution in [2.75, 3.05) is 28.4 Å². The van der Waals surface area contributed by atoms with Crippen LogP contribution >= 0.6 is 0 Å². The first kappa shape index (κ1) is 19.4. The number of nitrogens with one attached hydrogen (secondary N) is 2. The van der Waals surface area contributed by atoms with Crippen molar-refractivity contribution >= 4 is 5.96 Å². The Balaban J connectivity index is 2.06. The predicted molar refractivity (Wildman–Crippen MR) is 104 cm³/mol. The summed E-state index contributed by atoms with van der Waals surface area (Å²) in [4.78, 5) is 4.29. The lowest BCUT2D eigenvalue weighted by molar-refractivity contribution is 0.323. The highest BCUT2D eigenvalue weighted by atomic mass is 16.5. The molecular formula is C20H27N3O3. The van der Waals surface area contributed by atoms with E-state index in [0.717, 1.165) is 11.5 Å². The summed E-state index contributed by atoms with van der Waals surface area (Å²) in [5.41, 5.74) is 2.19. The lowest BCUT2D eigenvalue weighted by Gasteiger charge is -2.19. The van der Waals surface area contributed by atoms with Crippen molar-refractivity contribution in [3.63, 3.8) is 0 Å². The Morgan fingerprint density at radius 1 is 1.00 bits per heavy atom. The van der Waals surface area contributed by atoms with Crippen LogP contribution in [0.5, 0.6) is 17.2 Å². The lowest BCUT2D eigenvalue weighted by Crippen LogP contribution is -2.38. The SMILES string of the molecule is CN=C(NCc1cc(OC)c(OC)c(OC)c1)NC(C)c1ccccc1. The van der Waals surface area contributed by atoms with Gasteiger partial charge in [-0.3, -0.25) is 4.99 Å². The molecule has 0 saturated heterocycles. The minimum absolute atomic E-state index is 0.141. The van der Waals surface area contributed by atoms with E-state index in [4.69, 9.17) is 14.2 Å². The van der Waals surface area contributed by atoms with E-state index >= 15 is 0 Å². The van der Waals surface area contributed by atoms with E-state index in [9.17, 15) is 0 Å². The van der Waals surface area contributed by atoms with Crippen molar-refractivity contribution in [1.82, 2.24) is 10.6 Å². The van der Waals surface area contributed by atoms with Crippen LogP contribution in [0.3, 0.4) is 0 Å². The van der Waals surface area contributed by atoms with Crippen LogP contribution in [0, 0.1) is 0 Å². The Kier molecular flexibility index (Phi) is 7.14. The zero-order valence-corrected chi connectivity index (χ0v) is 16.0. The molecule has 2 aromatic carbocycles. The van der Waals surface area contributed by atoms with Crippen molar-refractivity contribution < 1.29 is 14.2 Å². The molecule has 26 heavy (non-hydrogen) atoms. The van der Waals surface area contributed by atoms with Gasteiger partial charge < -0.3 is 24.8 Å². The summed E-state index contributed by atoms with van der Waals surface area (Å²) in [6.45, 7) is 2.67. The van der Waals surface area contributed by atoms with Gasteiger partial charge in [0.25, 0.3) is 0 Å². The highest BCUT2D eigenvalue weighted by Crippen LogP contribution is 2.38. The first-order valence-electron chi connectivity index (χ1n) is 8.44. The molecule has 2 N–H and O–H groups in total. The van der Waals surface area contributed by atoms with Crippen molar-refractivity contribution in [3.8, 4) is 17.2 Å². The number of rotatable bonds is 7. The third-order valence-corrected chi connectivity index (χ3v) is 4.06. The monoisotopic (exact) mass is 357 g/mol. The van der Waals surface area contributed by atoms with Gasteiger partial charge >= 0.3 is 0 Å². The molecule has 0 fully saturated rings. The van der Waals surface area contributed by atoms with Crippen LogP contribution in [0.15, 0.2) is 47.5 Å². The summed E-state index contributed by atoms with van der Waals surface area (Å²) in [5.74, 6) is 2.56. The molecule has 1 atom stereocenters. The Hall–Kier alpha value is -2.89. The third-order valence-electron chi connectivity index (χ3n) is 4.06. The van der Waals surface area contributed by atoms with Gasteiger partial charge in [0.2, 0.25) is 5.75 Å². The largest absolute Gasteiger partial charge is 0.493 e. The van der Waals surface area contributed by atoms with Crippen molar-refractivity contribution in [2.24, 2.45) is 4.99 Å². The Labute approximate surface area is 155 Å². The first-order valence-corrected chi connectivity index (χ1v) is 8.44. The van der Waals surface area contributed by atoms with E-state index in [2.05, 4.69) is 34.7 Å². The summed E-state index contributed by atoms with van der Waals surface area (Å²) in [6.07, 6.45) is 0. The van der Waals surface area contributed by atoms with Crippen LogP contribution in [-0.4, -0.2) is 34.3 Å². The average Bonchev–Trinajstić information content (AvgIpc) is 2.70. The second-order valence-electron chi connectivity index (χ2n) is 5.74. The number of methoxy groups -OCH3 is 3. The van der Waals surface area contributed by atoms with Gasteiger partial charge in [-0.15, -0.1) is 0 Å². The molecule has 0 heterocycles. The molecule has 0 aromatic heterocycles. The molecule has 2 aromatic rings. The van der Waals surface area contributed by atoms with Crippen LogP contribution in [0.1, 0.15) is 24.1 Å². The number of aliphatic imine (C=N–C) groups is 1. The van der Waals surface area contributed by atoms with E-state index in [1.807, 2.05) is 30.3 Å². The van der Waals surface area contributed by atoms with Gasteiger partial charge in [0, 0.05) is 13.6 Å². The molecule has 0 aliphatic heterocycles. The van der Waals surface area contributed by atoms with Gasteiger partial charge in [0.1, 0.15) is 0 Å². The molecule has 140 valence electrons. The molecule has 1 unspecified atom stereocenters. The summed E-state index contributed by atoms with van der Waals surface area (Å²) in [5, 5.41) is 6.70. The van der Waals surface area contributed by atoms with Gasteiger partial charge in [-0.2, -0.15) is 0 Å². The van der Waals surface area contributed by atoms with Gasteiger partial charge in [-0.25, -0.2) is 0 Å². The zero-order chi connectivity index (χ0) is 18.9. The molecule has 0 saturated carbocycles. The molecule has 0 radical (unpaired) electrons. The number of hydrogen-bond donors (Lipinski definition) is 2. The summed E-state index contributed by atoms with van der Waals surface area (Å²) in [6, 6.07) is 14.2. The topological polar surface area (TPSA) is 64.1 Å². The maximum Gasteiger partial charge on any atom is 0.203 e. The molecule has 0 aliphatic rings. The standard InChI is InChI=1S/C20H27N3O3/c1-14(16-9-7-6-8-10-16)23-20(21-2)22-13-15-11-17(24-3)19(26-5)18(12-15)25-4/h6-12,14H,13H2,1-5H3,(H2,21,22,23). The minimum atomic E-state index is 0.141. The molecule has 0 bridgehead atoms. The van der Waals surface area contributed by atoms with Crippen LogP contribution < -0.4 is 24.8 Å². The highest BCUT2D eigenvalue weighted by Gasteiger charge is 2.14. The quantitative estimate of drug-likeness (QED) is 0.589. The van der Waals surface area contributed by atoms with E-state index in [1.54, 1.807) is 28.4 Å². The lowest BCUT2D eigenvalue weighted by atomic mass is 10.1. The smallest absolute Gasteiger partial charge is 0.203 e.